The minimum atomic E-state index is -0.794. The summed E-state index contributed by atoms with van der Waals surface area (Å²) in [6.07, 6.45) is 1.72. The molecule has 0 spiro atoms. The Morgan fingerprint density at radius 1 is 0.979 bits per heavy atom. The van der Waals surface area contributed by atoms with Gasteiger partial charge in [0, 0.05) is 5.02 Å². The van der Waals surface area contributed by atoms with Gasteiger partial charge in [-0.3, -0.25) is 9.36 Å². The number of fused-ring (bicyclic) bond motifs is 1. The molecule has 0 aliphatic carbocycles. The van der Waals surface area contributed by atoms with Crippen molar-refractivity contribution >= 4 is 35.0 Å². The molecule has 3 aromatic carbocycles. The summed E-state index contributed by atoms with van der Waals surface area (Å²) in [6.45, 7) is 10.2. The van der Waals surface area contributed by atoms with Gasteiger partial charge in [0.05, 0.1) is 48.3 Å². The summed E-state index contributed by atoms with van der Waals surface area (Å²) in [5, 5.41) is 0.658. The van der Waals surface area contributed by atoms with Crippen molar-refractivity contribution in [2.45, 2.75) is 53.4 Å². The first kappa shape index (κ1) is 33.8. The SMILES string of the molecule is CCOC(=O)C1=C(C)N=c2s/c(=C\c3ccc(OCc4ccc(Cl)cc4)c(OCC)c3)c(=O)n2[C@H]1c1ccc(OC(C)C)c(OC)c1. The Labute approximate surface area is 282 Å². The van der Waals surface area contributed by atoms with Gasteiger partial charge in [-0.1, -0.05) is 47.2 Å². The number of hydrogen-bond acceptors (Lipinski definition) is 9. The van der Waals surface area contributed by atoms with E-state index in [4.69, 9.17) is 35.3 Å². The zero-order valence-corrected chi connectivity index (χ0v) is 28.7. The summed E-state index contributed by atoms with van der Waals surface area (Å²) < 4.78 is 30.9. The lowest BCUT2D eigenvalue weighted by Gasteiger charge is -2.25. The lowest BCUT2D eigenvalue weighted by Crippen LogP contribution is -2.40. The van der Waals surface area contributed by atoms with Crippen LogP contribution in [-0.4, -0.2) is 37.0 Å². The van der Waals surface area contributed by atoms with Gasteiger partial charge in [0.15, 0.2) is 27.8 Å². The van der Waals surface area contributed by atoms with Crippen LogP contribution in [0.5, 0.6) is 23.0 Å². The molecule has 11 heteroatoms. The molecule has 0 unspecified atom stereocenters. The van der Waals surface area contributed by atoms with Crippen LogP contribution in [-0.2, 0) is 16.1 Å². The summed E-state index contributed by atoms with van der Waals surface area (Å²) in [6, 6.07) is 17.6. The molecule has 5 rings (SSSR count). The topological polar surface area (TPSA) is 97.6 Å². The van der Waals surface area contributed by atoms with Crippen LogP contribution in [0.1, 0.15) is 57.4 Å². The zero-order valence-electron chi connectivity index (χ0n) is 27.2. The molecule has 1 aliphatic heterocycles. The van der Waals surface area contributed by atoms with E-state index in [9.17, 15) is 9.59 Å². The van der Waals surface area contributed by atoms with Gasteiger partial charge in [0.1, 0.15) is 6.61 Å². The van der Waals surface area contributed by atoms with E-state index in [1.165, 1.54) is 11.3 Å². The van der Waals surface area contributed by atoms with Crippen LogP contribution in [0.25, 0.3) is 6.08 Å². The van der Waals surface area contributed by atoms with Crippen molar-refractivity contribution in [2.75, 3.05) is 20.3 Å². The maximum Gasteiger partial charge on any atom is 0.338 e. The van der Waals surface area contributed by atoms with Crippen LogP contribution in [0.15, 0.2) is 81.7 Å². The van der Waals surface area contributed by atoms with Gasteiger partial charge >= 0.3 is 5.97 Å². The van der Waals surface area contributed by atoms with E-state index in [0.717, 1.165) is 11.1 Å². The quantitative estimate of drug-likeness (QED) is 0.164. The van der Waals surface area contributed by atoms with Crippen molar-refractivity contribution in [3.63, 3.8) is 0 Å². The van der Waals surface area contributed by atoms with Gasteiger partial charge in [0.25, 0.3) is 5.56 Å². The van der Waals surface area contributed by atoms with E-state index in [1.807, 2.05) is 69.3 Å². The number of rotatable bonds is 12. The average molecular weight is 677 g/mol. The number of hydrogen-bond donors (Lipinski definition) is 0. The molecule has 246 valence electrons. The third-order valence-electron chi connectivity index (χ3n) is 7.26. The number of methoxy groups -OCH3 is 1. The molecule has 9 nitrogen and oxygen atoms in total. The average Bonchev–Trinajstić information content (AvgIpc) is 3.34. The second kappa shape index (κ2) is 14.9. The van der Waals surface area contributed by atoms with Crippen LogP contribution in [0.2, 0.25) is 5.02 Å². The highest BCUT2D eigenvalue weighted by atomic mass is 35.5. The largest absolute Gasteiger partial charge is 0.493 e. The van der Waals surface area contributed by atoms with Crippen LogP contribution in [0.3, 0.4) is 0 Å². The number of benzene rings is 3. The molecule has 0 N–H and O–H groups in total. The summed E-state index contributed by atoms with van der Waals surface area (Å²) in [5.41, 5.74) is 2.83. The highest BCUT2D eigenvalue weighted by molar-refractivity contribution is 7.07. The monoisotopic (exact) mass is 676 g/mol. The number of esters is 1. The summed E-state index contributed by atoms with van der Waals surface area (Å²) in [4.78, 5) is 32.6. The lowest BCUT2D eigenvalue weighted by atomic mass is 9.95. The Bertz CT molecular complexity index is 1980. The fourth-order valence-electron chi connectivity index (χ4n) is 5.21. The van der Waals surface area contributed by atoms with E-state index in [1.54, 1.807) is 43.7 Å². The van der Waals surface area contributed by atoms with Crippen molar-refractivity contribution < 1.29 is 28.5 Å². The third kappa shape index (κ3) is 7.55. The molecule has 47 heavy (non-hydrogen) atoms. The van der Waals surface area contributed by atoms with Gasteiger partial charge in [0.2, 0.25) is 0 Å². The van der Waals surface area contributed by atoms with Crippen molar-refractivity contribution in [2.24, 2.45) is 4.99 Å². The Kier molecular flexibility index (Phi) is 10.7. The van der Waals surface area contributed by atoms with Crippen LogP contribution >= 0.6 is 22.9 Å². The van der Waals surface area contributed by atoms with Gasteiger partial charge < -0.3 is 23.7 Å². The number of thiazole rings is 1. The Balaban J connectivity index is 1.57. The summed E-state index contributed by atoms with van der Waals surface area (Å²) >= 11 is 7.25. The van der Waals surface area contributed by atoms with Crippen molar-refractivity contribution in [1.29, 1.82) is 0 Å². The second-order valence-electron chi connectivity index (χ2n) is 10.9. The van der Waals surface area contributed by atoms with Crippen molar-refractivity contribution in [3.05, 3.63) is 113 Å². The predicted octanol–water partition coefficient (Wildman–Crippen LogP) is 6.23. The molecule has 0 saturated heterocycles. The van der Waals surface area contributed by atoms with Gasteiger partial charge in [-0.2, -0.15) is 0 Å². The maximum atomic E-state index is 14.1. The molecule has 0 fully saturated rings. The standard InChI is InChI=1S/C36H37ClN2O7S/c1-7-43-30-17-24(11-15-27(30)45-20-23-9-13-26(37)14-10-23)18-31-34(40)39-33(25-12-16-28(46-21(3)4)29(19-25)42-6)32(35(41)44-8-2)22(5)38-36(39)47-31/h9-19,21,33H,7-8,20H2,1-6H3/b31-18-/t33-/m0/s1. The van der Waals surface area contributed by atoms with Gasteiger partial charge in [-0.05, 0) is 93.8 Å². The first-order valence-corrected chi connectivity index (χ1v) is 16.5. The number of carbonyl (C=O) groups excluding carboxylic acids is 1. The highest BCUT2D eigenvalue weighted by Crippen LogP contribution is 2.37. The fourth-order valence-corrected chi connectivity index (χ4v) is 6.38. The van der Waals surface area contributed by atoms with Gasteiger partial charge in [-0.15, -0.1) is 0 Å². The Morgan fingerprint density at radius 3 is 2.40 bits per heavy atom. The molecule has 0 amide bonds. The summed E-state index contributed by atoms with van der Waals surface area (Å²) in [5.74, 6) is 1.64. The van der Waals surface area contributed by atoms with Gasteiger partial charge in [-0.25, -0.2) is 9.79 Å². The molecule has 4 aromatic rings. The molecule has 1 aliphatic rings. The highest BCUT2D eigenvalue weighted by Gasteiger charge is 2.34. The minimum absolute atomic E-state index is 0.0722. The zero-order chi connectivity index (χ0) is 33.7. The number of allylic oxidation sites excluding steroid dienone is 1. The number of carbonyl (C=O) groups is 1. The number of ether oxygens (including phenoxy) is 5. The molecule has 0 saturated carbocycles. The minimum Gasteiger partial charge on any atom is -0.493 e. The first-order chi connectivity index (χ1) is 22.6. The number of nitrogens with zero attached hydrogens (tertiary/aromatic N) is 2. The van der Waals surface area contributed by atoms with E-state index >= 15 is 0 Å². The van der Waals surface area contributed by atoms with Crippen LogP contribution in [0.4, 0.5) is 0 Å². The Morgan fingerprint density at radius 2 is 1.72 bits per heavy atom. The molecule has 2 heterocycles. The number of aromatic nitrogens is 1. The molecule has 1 aromatic heterocycles. The fraction of sp³-hybridized carbons (Fsp3) is 0.306. The Hall–Kier alpha value is -4.54. The van der Waals surface area contributed by atoms with E-state index in [-0.39, 0.29) is 23.8 Å². The smallest absolute Gasteiger partial charge is 0.338 e. The maximum absolute atomic E-state index is 14.1. The van der Waals surface area contributed by atoms with Crippen molar-refractivity contribution in [1.82, 2.24) is 4.57 Å². The van der Waals surface area contributed by atoms with E-state index in [2.05, 4.69) is 4.99 Å². The molecular weight excluding hydrogens is 640 g/mol. The van der Waals surface area contributed by atoms with E-state index < -0.39 is 12.0 Å². The normalized spacial score (nSPS) is 14.5. The lowest BCUT2D eigenvalue weighted by molar-refractivity contribution is -0.139. The predicted molar refractivity (Wildman–Crippen MR) is 183 cm³/mol. The summed E-state index contributed by atoms with van der Waals surface area (Å²) in [7, 11) is 1.55. The van der Waals surface area contributed by atoms with Crippen LogP contribution in [0, 0.1) is 0 Å². The van der Waals surface area contributed by atoms with E-state index in [0.29, 0.717) is 61.8 Å². The number of halogens is 1. The second-order valence-corrected chi connectivity index (χ2v) is 12.4. The molecule has 0 radical (unpaired) electrons. The van der Waals surface area contributed by atoms with Crippen molar-refractivity contribution in [3.8, 4) is 23.0 Å². The third-order valence-corrected chi connectivity index (χ3v) is 8.49. The molecular formula is C36H37ClN2O7S. The molecule has 1 atom stereocenters. The molecule has 0 bridgehead atoms. The first-order valence-electron chi connectivity index (χ1n) is 15.3. The van der Waals surface area contributed by atoms with Crippen LogP contribution < -0.4 is 33.8 Å².